The summed E-state index contributed by atoms with van der Waals surface area (Å²) in [5.41, 5.74) is 7.16. The van der Waals surface area contributed by atoms with Crippen molar-refractivity contribution in [3.8, 4) is 0 Å². The lowest BCUT2D eigenvalue weighted by molar-refractivity contribution is -0.133. The van der Waals surface area contributed by atoms with Gasteiger partial charge in [0.2, 0.25) is 5.91 Å². The maximum Gasteiger partial charge on any atom is 0.410 e. The number of nitrogens with two attached hydrogens (primary N) is 1. The molecule has 0 radical (unpaired) electrons. The van der Waals surface area contributed by atoms with Crippen molar-refractivity contribution in [1.82, 2.24) is 9.80 Å². The smallest absolute Gasteiger partial charge is 0.410 e. The normalized spacial score (nSPS) is 20.1. The first-order chi connectivity index (χ1) is 12.9. The molecule has 6 heteroatoms. The maximum absolute atomic E-state index is 12.5. The van der Waals surface area contributed by atoms with Crippen LogP contribution in [0.25, 0.3) is 0 Å². The number of benzene rings is 1. The molecule has 2 fully saturated rings. The van der Waals surface area contributed by atoms with Gasteiger partial charge in [0, 0.05) is 26.2 Å². The van der Waals surface area contributed by atoms with E-state index in [2.05, 4.69) is 0 Å². The van der Waals surface area contributed by atoms with E-state index in [1.807, 2.05) is 49.1 Å². The quantitative estimate of drug-likeness (QED) is 0.880. The molecule has 1 aromatic rings. The third-order valence-electron chi connectivity index (χ3n) is 6.04. The second kappa shape index (κ2) is 8.30. The van der Waals surface area contributed by atoms with E-state index in [1.165, 1.54) is 0 Å². The molecule has 2 aliphatic heterocycles. The van der Waals surface area contributed by atoms with Crippen molar-refractivity contribution in [2.75, 3.05) is 26.2 Å². The van der Waals surface area contributed by atoms with Crippen LogP contribution in [0, 0.1) is 11.3 Å². The van der Waals surface area contributed by atoms with E-state index in [0.717, 1.165) is 37.9 Å². The number of hydrogen-bond donors (Lipinski definition) is 1. The Labute approximate surface area is 161 Å². The highest BCUT2D eigenvalue weighted by atomic mass is 16.6. The van der Waals surface area contributed by atoms with Crippen LogP contribution in [0.1, 0.15) is 38.7 Å². The second-order valence-corrected chi connectivity index (χ2v) is 8.31. The zero-order valence-corrected chi connectivity index (χ0v) is 16.4. The van der Waals surface area contributed by atoms with Crippen molar-refractivity contribution in [3.05, 3.63) is 35.9 Å². The lowest BCUT2D eigenvalue weighted by Crippen LogP contribution is -2.48. The summed E-state index contributed by atoms with van der Waals surface area (Å²) in [4.78, 5) is 28.6. The molecule has 1 atom stereocenters. The molecule has 1 spiro atoms. The molecular formula is C21H31N3O3. The van der Waals surface area contributed by atoms with Gasteiger partial charge in [0.15, 0.2) is 0 Å². The van der Waals surface area contributed by atoms with Crippen LogP contribution in [-0.2, 0) is 16.1 Å². The summed E-state index contributed by atoms with van der Waals surface area (Å²) >= 11 is 0. The van der Waals surface area contributed by atoms with E-state index < -0.39 is 6.04 Å². The summed E-state index contributed by atoms with van der Waals surface area (Å²) < 4.78 is 5.44. The molecular weight excluding hydrogens is 342 g/mol. The van der Waals surface area contributed by atoms with Gasteiger partial charge in [-0.1, -0.05) is 44.2 Å². The van der Waals surface area contributed by atoms with Gasteiger partial charge in [-0.05, 0) is 36.2 Å². The Morgan fingerprint density at radius 1 is 1.07 bits per heavy atom. The average Bonchev–Trinajstić information content (AvgIpc) is 3.09. The predicted molar refractivity (Wildman–Crippen MR) is 104 cm³/mol. The van der Waals surface area contributed by atoms with Gasteiger partial charge >= 0.3 is 6.09 Å². The number of nitrogens with zero attached hydrogens (tertiary/aromatic N) is 2. The number of rotatable bonds is 4. The first-order valence-corrected chi connectivity index (χ1v) is 9.90. The van der Waals surface area contributed by atoms with Crippen LogP contribution in [-0.4, -0.2) is 54.0 Å². The molecule has 0 aliphatic carbocycles. The number of hydrogen-bond acceptors (Lipinski definition) is 4. The Bertz CT molecular complexity index is 654. The topological polar surface area (TPSA) is 75.9 Å². The standard InChI is InChI=1S/C21H31N3O3/c1-16(2)18(22)19(25)24-13-10-21(15-24)8-11-23(12-9-21)20(26)27-14-17-6-4-3-5-7-17/h3-7,16,18H,8-15,22H2,1-2H3/t18-/m1/s1. The molecule has 0 aromatic heterocycles. The molecule has 2 saturated heterocycles. The van der Waals surface area contributed by atoms with Gasteiger partial charge in [-0.15, -0.1) is 0 Å². The van der Waals surface area contributed by atoms with Crippen LogP contribution in [0.5, 0.6) is 0 Å². The highest BCUT2D eigenvalue weighted by molar-refractivity contribution is 5.82. The van der Waals surface area contributed by atoms with Crippen LogP contribution in [0.3, 0.4) is 0 Å². The third kappa shape index (κ3) is 4.61. The Kier molecular flexibility index (Phi) is 6.05. The number of likely N-dealkylation sites (tertiary alicyclic amines) is 2. The van der Waals surface area contributed by atoms with E-state index in [-0.39, 0.29) is 23.3 Å². The minimum Gasteiger partial charge on any atom is -0.445 e. The highest BCUT2D eigenvalue weighted by Gasteiger charge is 2.43. The SMILES string of the molecule is CC(C)[C@@H](N)C(=O)N1CCC2(CCN(C(=O)OCc3ccccc3)CC2)C1. The number of carbonyl (C=O) groups is 2. The van der Waals surface area contributed by atoms with Crippen LogP contribution in [0.2, 0.25) is 0 Å². The number of ether oxygens (including phenoxy) is 1. The number of piperidine rings is 1. The van der Waals surface area contributed by atoms with Gasteiger partial charge in [0.05, 0.1) is 6.04 Å². The van der Waals surface area contributed by atoms with Crippen LogP contribution < -0.4 is 5.73 Å². The molecule has 3 rings (SSSR count). The molecule has 27 heavy (non-hydrogen) atoms. The van der Waals surface area contributed by atoms with E-state index >= 15 is 0 Å². The Morgan fingerprint density at radius 2 is 1.67 bits per heavy atom. The van der Waals surface area contributed by atoms with Crippen molar-refractivity contribution in [2.45, 2.75) is 45.8 Å². The molecule has 0 bridgehead atoms. The van der Waals surface area contributed by atoms with Crippen molar-refractivity contribution in [1.29, 1.82) is 0 Å². The number of carbonyl (C=O) groups excluding carboxylic acids is 2. The highest BCUT2D eigenvalue weighted by Crippen LogP contribution is 2.40. The van der Waals surface area contributed by atoms with Crippen molar-refractivity contribution in [3.63, 3.8) is 0 Å². The van der Waals surface area contributed by atoms with Gasteiger partial charge in [0.1, 0.15) is 6.61 Å². The Morgan fingerprint density at radius 3 is 2.26 bits per heavy atom. The van der Waals surface area contributed by atoms with E-state index in [9.17, 15) is 9.59 Å². The molecule has 2 amide bonds. The van der Waals surface area contributed by atoms with E-state index in [0.29, 0.717) is 19.7 Å². The second-order valence-electron chi connectivity index (χ2n) is 8.31. The Hall–Kier alpha value is -2.08. The first kappa shape index (κ1) is 19.7. The summed E-state index contributed by atoms with van der Waals surface area (Å²) in [6, 6.07) is 9.29. The van der Waals surface area contributed by atoms with Gasteiger partial charge in [-0.2, -0.15) is 0 Å². The van der Waals surface area contributed by atoms with Gasteiger partial charge in [0.25, 0.3) is 0 Å². The maximum atomic E-state index is 12.5. The van der Waals surface area contributed by atoms with Crippen LogP contribution >= 0.6 is 0 Å². The van der Waals surface area contributed by atoms with Crippen molar-refractivity contribution < 1.29 is 14.3 Å². The minimum atomic E-state index is -0.423. The van der Waals surface area contributed by atoms with Gasteiger partial charge in [-0.3, -0.25) is 4.79 Å². The molecule has 148 valence electrons. The Balaban J connectivity index is 1.47. The predicted octanol–water partition coefficient (Wildman–Crippen LogP) is 2.62. The zero-order chi connectivity index (χ0) is 19.4. The molecule has 2 aliphatic rings. The van der Waals surface area contributed by atoms with Gasteiger partial charge in [-0.25, -0.2) is 4.79 Å². The fraction of sp³-hybridized carbons (Fsp3) is 0.619. The summed E-state index contributed by atoms with van der Waals surface area (Å²) in [7, 11) is 0. The molecule has 1 aromatic carbocycles. The molecule has 0 saturated carbocycles. The zero-order valence-electron chi connectivity index (χ0n) is 16.4. The largest absolute Gasteiger partial charge is 0.445 e. The van der Waals surface area contributed by atoms with E-state index in [4.69, 9.17) is 10.5 Å². The fourth-order valence-corrected chi connectivity index (χ4v) is 4.00. The summed E-state index contributed by atoms with van der Waals surface area (Å²) in [5.74, 6) is 0.210. The lowest BCUT2D eigenvalue weighted by atomic mass is 9.78. The molecule has 2 N–H and O–H groups in total. The number of amides is 2. The third-order valence-corrected chi connectivity index (χ3v) is 6.04. The summed E-state index contributed by atoms with van der Waals surface area (Å²) in [6.07, 6.45) is 2.57. The van der Waals surface area contributed by atoms with Crippen molar-refractivity contribution in [2.24, 2.45) is 17.1 Å². The molecule has 0 unspecified atom stereocenters. The fourth-order valence-electron chi connectivity index (χ4n) is 4.00. The monoisotopic (exact) mass is 373 g/mol. The van der Waals surface area contributed by atoms with Crippen LogP contribution in [0.4, 0.5) is 4.79 Å². The van der Waals surface area contributed by atoms with Crippen molar-refractivity contribution >= 4 is 12.0 Å². The lowest BCUT2D eigenvalue weighted by Gasteiger charge is -2.38. The molecule has 2 heterocycles. The van der Waals surface area contributed by atoms with Gasteiger partial charge < -0.3 is 20.3 Å². The minimum absolute atomic E-state index is 0.0616. The first-order valence-electron chi connectivity index (χ1n) is 9.90. The molecule has 6 nitrogen and oxygen atoms in total. The van der Waals surface area contributed by atoms with Crippen LogP contribution in [0.15, 0.2) is 30.3 Å². The summed E-state index contributed by atoms with van der Waals surface area (Å²) in [5, 5.41) is 0. The van der Waals surface area contributed by atoms with E-state index in [1.54, 1.807) is 4.90 Å². The average molecular weight is 373 g/mol. The summed E-state index contributed by atoms with van der Waals surface area (Å²) in [6.45, 7) is 7.17.